The molecule has 0 heterocycles. The minimum atomic E-state index is 0.0720. The topological polar surface area (TPSA) is 18.5 Å². The molecule has 1 aliphatic carbocycles. The first-order chi connectivity index (χ1) is 8.59. The summed E-state index contributed by atoms with van der Waals surface area (Å²) in [5.74, 6) is 1.34. The van der Waals surface area contributed by atoms with E-state index in [4.69, 9.17) is 9.47 Å². The van der Waals surface area contributed by atoms with Gasteiger partial charge in [0.15, 0.2) is 0 Å². The van der Waals surface area contributed by atoms with Gasteiger partial charge in [0.25, 0.3) is 0 Å². The Morgan fingerprint density at radius 2 is 2.00 bits per heavy atom. The summed E-state index contributed by atoms with van der Waals surface area (Å²) in [4.78, 5) is 0. The summed E-state index contributed by atoms with van der Waals surface area (Å²) in [6, 6.07) is 0. The number of hydrogen-bond donors (Lipinski definition) is 0. The monoisotopic (exact) mass is 256 g/mol. The lowest BCUT2D eigenvalue weighted by atomic mass is 9.68. The van der Waals surface area contributed by atoms with Crippen molar-refractivity contribution in [2.45, 2.75) is 77.4 Å². The van der Waals surface area contributed by atoms with Crippen LogP contribution in [0.3, 0.4) is 0 Å². The third kappa shape index (κ3) is 3.71. The van der Waals surface area contributed by atoms with E-state index in [1.165, 1.54) is 44.9 Å². The fraction of sp³-hybridized carbons (Fsp3) is 1.00. The molecule has 0 aromatic heterocycles. The molecule has 108 valence electrons. The molecule has 0 spiro atoms. The van der Waals surface area contributed by atoms with Gasteiger partial charge in [-0.25, -0.2) is 0 Å². The summed E-state index contributed by atoms with van der Waals surface area (Å²) >= 11 is 0. The molecular formula is C16H32O2. The van der Waals surface area contributed by atoms with Crippen molar-refractivity contribution in [3.05, 3.63) is 0 Å². The lowest BCUT2D eigenvalue weighted by Gasteiger charge is -2.47. The van der Waals surface area contributed by atoms with Crippen molar-refractivity contribution in [3.8, 4) is 0 Å². The first kappa shape index (κ1) is 16.0. The van der Waals surface area contributed by atoms with Crippen molar-refractivity contribution in [2.75, 3.05) is 14.2 Å². The molecule has 0 saturated heterocycles. The lowest BCUT2D eigenvalue weighted by Crippen LogP contribution is -2.49. The molecule has 1 saturated carbocycles. The zero-order valence-electron chi connectivity index (χ0n) is 13.0. The first-order valence-corrected chi connectivity index (χ1v) is 7.67. The molecule has 3 unspecified atom stereocenters. The fourth-order valence-corrected chi connectivity index (χ4v) is 3.66. The lowest BCUT2D eigenvalue weighted by molar-refractivity contribution is -0.143. The molecule has 1 rings (SSSR count). The van der Waals surface area contributed by atoms with Gasteiger partial charge in [-0.3, -0.25) is 0 Å². The van der Waals surface area contributed by atoms with Gasteiger partial charge in [-0.05, 0) is 38.0 Å². The second-order valence-electron chi connectivity index (χ2n) is 6.26. The number of hydrogen-bond acceptors (Lipinski definition) is 2. The second-order valence-corrected chi connectivity index (χ2v) is 6.26. The van der Waals surface area contributed by atoms with Crippen LogP contribution in [0.1, 0.15) is 65.7 Å². The van der Waals surface area contributed by atoms with Gasteiger partial charge >= 0.3 is 0 Å². The predicted octanol–water partition coefficient (Wildman–Crippen LogP) is 4.42. The maximum Gasteiger partial charge on any atom is 0.0731 e. The highest BCUT2D eigenvalue weighted by Crippen LogP contribution is 2.43. The minimum absolute atomic E-state index is 0.0720. The van der Waals surface area contributed by atoms with Crippen LogP contribution < -0.4 is 0 Å². The Bertz CT molecular complexity index is 223. The van der Waals surface area contributed by atoms with Gasteiger partial charge in [-0.1, -0.05) is 33.6 Å². The van der Waals surface area contributed by atoms with Gasteiger partial charge < -0.3 is 9.47 Å². The minimum Gasteiger partial charge on any atom is -0.381 e. The molecule has 18 heavy (non-hydrogen) atoms. The van der Waals surface area contributed by atoms with E-state index in [-0.39, 0.29) is 5.60 Å². The third-order valence-electron chi connectivity index (χ3n) is 4.65. The Hall–Kier alpha value is -0.0800. The van der Waals surface area contributed by atoms with Crippen LogP contribution in [0, 0.1) is 11.8 Å². The largest absolute Gasteiger partial charge is 0.381 e. The van der Waals surface area contributed by atoms with Crippen molar-refractivity contribution < 1.29 is 9.47 Å². The van der Waals surface area contributed by atoms with Crippen molar-refractivity contribution in [1.82, 2.24) is 0 Å². The standard InChI is InChI=1S/C16H32O2/c1-6-11-16(18-5)12-7-8-15(17-4)14(16)10-9-13(2)3/h13-15H,6-12H2,1-5H3. The van der Waals surface area contributed by atoms with Crippen LogP contribution in [-0.4, -0.2) is 25.9 Å². The fourth-order valence-electron chi connectivity index (χ4n) is 3.66. The first-order valence-electron chi connectivity index (χ1n) is 7.67. The van der Waals surface area contributed by atoms with Crippen LogP contribution in [0.25, 0.3) is 0 Å². The van der Waals surface area contributed by atoms with Gasteiger partial charge in [0.2, 0.25) is 0 Å². The zero-order valence-corrected chi connectivity index (χ0v) is 13.0. The van der Waals surface area contributed by atoms with Crippen molar-refractivity contribution in [3.63, 3.8) is 0 Å². The van der Waals surface area contributed by atoms with Gasteiger partial charge in [-0.2, -0.15) is 0 Å². The number of rotatable bonds is 7. The second kappa shape index (κ2) is 7.49. The Kier molecular flexibility index (Phi) is 6.65. The molecule has 0 bridgehead atoms. The molecule has 0 aliphatic heterocycles. The van der Waals surface area contributed by atoms with Crippen LogP contribution in [-0.2, 0) is 9.47 Å². The maximum absolute atomic E-state index is 6.02. The highest BCUT2D eigenvalue weighted by Gasteiger charge is 2.45. The maximum atomic E-state index is 6.02. The summed E-state index contributed by atoms with van der Waals surface area (Å²) in [7, 11) is 3.76. The average molecular weight is 256 g/mol. The Balaban J connectivity index is 2.81. The van der Waals surface area contributed by atoms with Gasteiger partial charge in [-0.15, -0.1) is 0 Å². The van der Waals surface area contributed by atoms with E-state index in [1.54, 1.807) is 0 Å². The Morgan fingerprint density at radius 1 is 1.28 bits per heavy atom. The molecule has 2 heteroatoms. The Labute approximate surface area is 113 Å². The molecule has 3 atom stereocenters. The van der Waals surface area contributed by atoms with Gasteiger partial charge in [0, 0.05) is 20.1 Å². The molecular weight excluding hydrogens is 224 g/mol. The number of ether oxygens (including phenoxy) is 2. The Morgan fingerprint density at radius 3 is 2.50 bits per heavy atom. The normalized spacial score (nSPS) is 33.0. The third-order valence-corrected chi connectivity index (χ3v) is 4.65. The van der Waals surface area contributed by atoms with E-state index in [9.17, 15) is 0 Å². The van der Waals surface area contributed by atoms with Crippen molar-refractivity contribution >= 4 is 0 Å². The smallest absolute Gasteiger partial charge is 0.0731 e. The predicted molar refractivity (Wildman–Crippen MR) is 76.9 cm³/mol. The highest BCUT2D eigenvalue weighted by atomic mass is 16.5. The molecule has 1 aliphatic rings. The SMILES string of the molecule is CCCC1(OC)CCCC(OC)C1CCC(C)C. The number of methoxy groups -OCH3 is 2. The van der Waals surface area contributed by atoms with Crippen LogP contribution in [0.4, 0.5) is 0 Å². The van der Waals surface area contributed by atoms with Gasteiger partial charge in [0.05, 0.1) is 11.7 Å². The summed E-state index contributed by atoms with van der Waals surface area (Å²) in [5, 5.41) is 0. The quantitative estimate of drug-likeness (QED) is 0.671. The molecule has 0 N–H and O–H groups in total. The average Bonchev–Trinajstić information content (AvgIpc) is 2.36. The van der Waals surface area contributed by atoms with E-state index in [0.29, 0.717) is 12.0 Å². The van der Waals surface area contributed by atoms with Crippen LogP contribution >= 0.6 is 0 Å². The molecule has 0 radical (unpaired) electrons. The summed E-state index contributed by atoms with van der Waals surface area (Å²) in [6.07, 6.45) is 8.93. The van der Waals surface area contributed by atoms with Crippen molar-refractivity contribution in [1.29, 1.82) is 0 Å². The van der Waals surface area contributed by atoms with Gasteiger partial charge in [0.1, 0.15) is 0 Å². The molecule has 0 aromatic rings. The summed E-state index contributed by atoms with van der Waals surface area (Å²) in [6.45, 7) is 6.87. The van der Waals surface area contributed by atoms with Crippen LogP contribution in [0.2, 0.25) is 0 Å². The van der Waals surface area contributed by atoms with Crippen molar-refractivity contribution in [2.24, 2.45) is 11.8 Å². The summed E-state index contributed by atoms with van der Waals surface area (Å²) < 4.78 is 11.8. The molecule has 2 nitrogen and oxygen atoms in total. The van der Waals surface area contributed by atoms with E-state index >= 15 is 0 Å². The van der Waals surface area contributed by atoms with E-state index in [2.05, 4.69) is 20.8 Å². The molecule has 0 aromatic carbocycles. The van der Waals surface area contributed by atoms with Crippen LogP contribution in [0.5, 0.6) is 0 Å². The molecule has 0 amide bonds. The zero-order chi connectivity index (χ0) is 13.6. The van der Waals surface area contributed by atoms with E-state index in [1.807, 2.05) is 14.2 Å². The van der Waals surface area contributed by atoms with Crippen LogP contribution in [0.15, 0.2) is 0 Å². The summed E-state index contributed by atoms with van der Waals surface area (Å²) in [5.41, 5.74) is 0.0720. The molecule has 1 fully saturated rings. The van der Waals surface area contributed by atoms with E-state index < -0.39 is 0 Å². The highest BCUT2D eigenvalue weighted by molar-refractivity contribution is 4.96. The van der Waals surface area contributed by atoms with E-state index in [0.717, 1.165) is 5.92 Å².